The van der Waals surface area contributed by atoms with Crippen molar-refractivity contribution in [1.29, 1.82) is 0 Å². The predicted molar refractivity (Wildman–Crippen MR) is 127 cm³/mol. The zero-order valence-corrected chi connectivity index (χ0v) is 19.9. The molecule has 2 heterocycles. The normalized spacial score (nSPS) is 17.0. The van der Waals surface area contributed by atoms with E-state index in [1.807, 2.05) is 4.57 Å². The van der Waals surface area contributed by atoms with Crippen LogP contribution >= 0.6 is 0 Å². The highest BCUT2D eigenvalue weighted by molar-refractivity contribution is 5.95. The lowest BCUT2D eigenvalue weighted by Gasteiger charge is -2.41. The van der Waals surface area contributed by atoms with Gasteiger partial charge in [-0.05, 0) is 36.2 Å². The van der Waals surface area contributed by atoms with Gasteiger partial charge in [0, 0.05) is 43.6 Å². The minimum Gasteiger partial charge on any atom is -0.406 e. The lowest BCUT2D eigenvalue weighted by atomic mass is 10.0. The number of hydrogen-bond donors (Lipinski definition) is 0. The van der Waals surface area contributed by atoms with Gasteiger partial charge in [0.1, 0.15) is 11.6 Å². The Balaban J connectivity index is 1.50. The Bertz CT molecular complexity index is 1160. The smallest absolute Gasteiger partial charge is 0.406 e. The van der Waals surface area contributed by atoms with Gasteiger partial charge in [-0.2, -0.15) is 0 Å². The summed E-state index contributed by atoms with van der Waals surface area (Å²) in [6, 6.07) is 11.8. The Morgan fingerprint density at radius 2 is 1.89 bits per heavy atom. The van der Waals surface area contributed by atoms with E-state index >= 15 is 0 Å². The summed E-state index contributed by atoms with van der Waals surface area (Å²) >= 11 is 0. The fraction of sp³-hybridized carbons (Fsp3) is 0.385. The molecule has 1 unspecified atom stereocenters. The molecule has 1 saturated heterocycles. The third-order valence-electron chi connectivity index (χ3n) is 6.23. The number of halogens is 4. The highest BCUT2D eigenvalue weighted by Crippen LogP contribution is 2.29. The van der Waals surface area contributed by atoms with Gasteiger partial charge < -0.3 is 14.2 Å². The van der Waals surface area contributed by atoms with E-state index in [0.29, 0.717) is 25.3 Å². The first-order chi connectivity index (χ1) is 17.2. The number of carbonyl (C=O) groups is 1. The zero-order chi connectivity index (χ0) is 25.7. The van der Waals surface area contributed by atoms with Gasteiger partial charge in [-0.1, -0.05) is 38.0 Å². The number of carbonyl (C=O) groups excluding carboxylic acids is 1. The van der Waals surface area contributed by atoms with E-state index in [4.69, 9.17) is 0 Å². The van der Waals surface area contributed by atoms with Crippen LogP contribution in [0.25, 0.3) is 0 Å². The minimum absolute atomic E-state index is 0.0176. The Labute approximate surface area is 207 Å². The maximum absolute atomic E-state index is 13.3. The van der Waals surface area contributed by atoms with Crippen LogP contribution in [0.1, 0.15) is 37.4 Å². The Hall–Kier alpha value is -3.40. The molecule has 1 fully saturated rings. The number of rotatable bonds is 9. The molecule has 6 nitrogen and oxygen atoms in total. The number of nitrogens with zero attached hydrogens (tertiary/aromatic N) is 4. The van der Waals surface area contributed by atoms with Crippen molar-refractivity contribution >= 4 is 11.6 Å². The van der Waals surface area contributed by atoms with Crippen molar-refractivity contribution in [3.63, 3.8) is 0 Å². The number of aromatic nitrogens is 2. The van der Waals surface area contributed by atoms with Crippen molar-refractivity contribution in [3.8, 4) is 5.75 Å². The molecule has 3 aromatic rings. The Morgan fingerprint density at radius 3 is 2.61 bits per heavy atom. The molecule has 1 aliphatic heterocycles. The van der Waals surface area contributed by atoms with Crippen molar-refractivity contribution in [2.75, 3.05) is 18.0 Å². The summed E-state index contributed by atoms with van der Waals surface area (Å²) in [6.45, 7) is 3.59. The van der Waals surface area contributed by atoms with E-state index in [1.54, 1.807) is 30.7 Å². The third-order valence-corrected chi connectivity index (χ3v) is 6.23. The first kappa shape index (κ1) is 25.7. The summed E-state index contributed by atoms with van der Waals surface area (Å²) in [4.78, 5) is 21.0. The van der Waals surface area contributed by atoms with E-state index in [-0.39, 0.29) is 30.1 Å². The SMILES string of the molecule is CCCCC1CN(c2cccc(OC(F)(F)F)c2)C(=O)CN1Cc1cncn1Cc1ccc(F)cc1. The molecule has 0 spiro atoms. The number of amides is 1. The fourth-order valence-corrected chi connectivity index (χ4v) is 4.43. The number of unbranched alkanes of at least 4 members (excludes halogenated alkanes) is 1. The summed E-state index contributed by atoms with van der Waals surface area (Å²) in [6.07, 6.45) is 1.44. The zero-order valence-electron chi connectivity index (χ0n) is 19.9. The van der Waals surface area contributed by atoms with E-state index in [0.717, 1.165) is 30.5 Å². The third kappa shape index (κ3) is 6.63. The van der Waals surface area contributed by atoms with Gasteiger partial charge in [0.2, 0.25) is 5.91 Å². The number of hydrogen-bond acceptors (Lipinski definition) is 4. The second-order valence-electron chi connectivity index (χ2n) is 8.89. The number of piperazine rings is 1. The van der Waals surface area contributed by atoms with Gasteiger partial charge in [-0.3, -0.25) is 9.69 Å². The molecule has 192 valence electrons. The number of alkyl halides is 3. The summed E-state index contributed by atoms with van der Waals surface area (Å²) in [5.41, 5.74) is 2.23. The molecule has 0 N–H and O–H groups in total. The predicted octanol–water partition coefficient (Wildman–Crippen LogP) is 5.38. The van der Waals surface area contributed by atoms with Gasteiger partial charge in [0.05, 0.1) is 18.6 Å². The first-order valence-corrected chi connectivity index (χ1v) is 11.9. The summed E-state index contributed by atoms with van der Waals surface area (Å²) < 4.78 is 57.3. The molecule has 1 atom stereocenters. The number of ether oxygens (including phenoxy) is 1. The van der Waals surface area contributed by atoms with Crippen LogP contribution in [-0.2, 0) is 17.9 Å². The molecule has 0 aliphatic carbocycles. The molecule has 36 heavy (non-hydrogen) atoms. The van der Waals surface area contributed by atoms with Gasteiger partial charge in [-0.15, -0.1) is 13.2 Å². The standard InChI is InChI=1S/C26H28F4N4O2/c1-2-3-5-22-16-34(21-6-4-7-24(12-21)36-26(28,29)30)25(35)17-32(22)15-23-13-31-18-33(23)14-19-8-10-20(27)11-9-19/h4,6-13,18,22H,2-3,5,14-17H2,1H3. The second kappa shape index (κ2) is 11.1. The molecule has 4 rings (SSSR count). The fourth-order valence-electron chi connectivity index (χ4n) is 4.43. The molecule has 0 saturated carbocycles. The largest absolute Gasteiger partial charge is 0.573 e. The highest BCUT2D eigenvalue weighted by atomic mass is 19.4. The average molecular weight is 505 g/mol. The molecule has 2 aromatic carbocycles. The maximum atomic E-state index is 13.3. The van der Waals surface area contributed by atoms with Gasteiger partial charge >= 0.3 is 6.36 Å². The molecule has 0 bridgehead atoms. The average Bonchev–Trinajstić information content (AvgIpc) is 3.25. The van der Waals surface area contributed by atoms with Crippen molar-refractivity contribution < 1.29 is 27.1 Å². The van der Waals surface area contributed by atoms with E-state index in [2.05, 4.69) is 21.5 Å². The Morgan fingerprint density at radius 1 is 1.11 bits per heavy atom. The lowest BCUT2D eigenvalue weighted by Crippen LogP contribution is -2.56. The Kier molecular flexibility index (Phi) is 7.93. The minimum atomic E-state index is -4.80. The van der Waals surface area contributed by atoms with Crippen LogP contribution in [0, 0.1) is 5.82 Å². The van der Waals surface area contributed by atoms with Gasteiger partial charge in [0.25, 0.3) is 0 Å². The molecular formula is C26H28F4N4O2. The van der Waals surface area contributed by atoms with Gasteiger partial charge in [0.15, 0.2) is 0 Å². The van der Waals surface area contributed by atoms with Crippen molar-refractivity contribution in [1.82, 2.24) is 14.5 Å². The van der Waals surface area contributed by atoms with Crippen molar-refractivity contribution in [2.45, 2.75) is 51.7 Å². The molecule has 1 aromatic heterocycles. The van der Waals surface area contributed by atoms with Crippen LogP contribution in [0.15, 0.2) is 61.1 Å². The summed E-state index contributed by atoms with van der Waals surface area (Å²) in [5.74, 6) is -0.850. The number of anilines is 1. The second-order valence-corrected chi connectivity index (χ2v) is 8.89. The summed E-state index contributed by atoms with van der Waals surface area (Å²) in [5, 5.41) is 0. The molecule has 0 radical (unpaired) electrons. The topological polar surface area (TPSA) is 50.6 Å². The van der Waals surface area contributed by atoms with Crippen LogP contribution in [0.4, 0.5) is 23.2 Å². The van der Waals surface area contributed by atoms with Crippen LogP contribution in [0.2, 0.25) is 0 Å². The van der Waals surface area contributed by atoms with Crippen LogP contribution in [-0.4, -0.2) is 45.9 Å². The van der Waals surface area contributed by atoms with Crippen LogP contribution in [0.5, 0.6) is 5.75 Å². The quantitative estimate of drug-likeness (QED) is 0.368. The molecule has 10 heteroatoms. The van der Waals surface area contributed by atoms with Crippen molar-refractivity contribution in [3.05, 3.63) is 78.1 Å². The van der Waals surface area contributed by atoms with Crippen molar-refractivity contribution in [2.24, 2.45) is 0 Å². The van der Waals surface area contributed by atoms with E-state index in [1.165, 1.54) is 35.2 Å². The van der Waals surface area contributed by atoms with E-state index < -0.39 is 6.36 Å². The number of imidazole rings is 1. The van der Waals surface area contributed by atoms with E-state index in [9.17, 15) is 22.4 Å². The molecular weight excluding hydrogens is 476 g/mol. The first-order valence-electron chi connectivity index (χ1n) is 11.9. The molecule has 1 amide bonds. The summed E-state index contributed by atoms with van der Waals surface area (Å²) in [7, 11) is 0. The van der Waals surface area contributed by atoms with Crippen LogP contribution < -0.4 is 9.64 Å². The lowest BCUT2D eigenvalue weighted by molar-refractivity contribution is -0.274. The monoisotopic (exact) mass is 504 g/mol. The van der Waals surface area contributed by atoms with Crippen LogP contribution in [0.3, 0.4) is 0 Å². The highest BCUT2D eigenvalue weighted by Gasteiger charge is 2.34. The molecule has 1 aliphatic rings. The van der Waals surface area contributed by atoms with Gasteiger partial charge in [-0.25, -0.2) is 9.37 Å². The number of benzene rings is 2. The maximum Gasteiger partial charge on any atom is 0.573 e.